The molecule has 0 aliphatic heterocycles. The predicted molar refractivity (Wildman–Crippen MR) is 64.4 cm³/mol. The van der Waals surface area contributed by atoms with Crippen molar-refractivity contribution in [2.24, 2.45) is 11.8 Å². The summed E-state index contributed by atoms with van der Waals surface area (Å²) in [6, 6.07) is 0. The third-order valence-electron chi connectivity index (χ3n) is 3.69. The lowest BCUT2D eigenvalue weighted by Crippen LogP contribution is -2.26. The Bertz CT molecular complexity index is 223. The Hall–Kier alpha value is -0.480. The van der Waals surface area contributed by atoms with Crippen molar-refractivity contribution >= 4 is 0 Å². The van der Waals surface area contributed by atoms with E-state index in [4.69, 9.17) is 0 Å². The fraction of sp³-hybridized carbons (Fsp3) is 0.857. The number of hydrogen-bond acceptors (Lipinski definition) is 1. The molecule has 0 amide bonds. The SMILES string of the molecule is CC#CCCC(O)C1CCCC(CC)C1. The molecule has 0 aromatic carbocycles. The lowest BCUT2D eigenvalue weighted by Gasteiger charge is -2.31. The Labute approximate surface area is 94.3 Å². The van der Waals surface area contributed by atoms with E-state index in [0.717, 1.165) is 18.8 Å². The van der Waals surface area contributed by atoms with Crippen LogP contribution >= 0.6 is 0 Å². The van der Waals surface area contributed by atoms with Gasteiger partial charge in [0.05, 0.1) is 6.10 Å². The van der Waals surface area contributed by atoms with E-state index in [1.54, 1.807) is 0 Å². The maximum absolute atomic E-state index is 10.0. The van der Waals surface area contributed by atoms with Gasteiger partial charge in [0.15, 0.2) is 0 Å². The molecule has 1 rings (SSSR count). The Kier molecular flexibility index (Phi) is 5.79. The van der Waals surface area contributed by atoms with Crippen LogP contribution in [0.1, 0.15) is 58.8 Å². The normalized spacial score (nSPS) is 27.9. The summed E-state index contributed by atoms with van der Waals surface area (Å²) in [7, 11) is 0. The van der Waals surface area contributed by atoms with Gasteiger partial charge in [-0.1, -0.05) is 26.2 Å². The molecule has 3 atom stereocenters. The third-order valence-corrected chi connectivity index (χ3v) is 3.69. The Morgan fingerprint density at radius 2 is 2.20 bits per heavy atom. The van der Waals surface area contributed by atoms with E-state index in [0.29, 0.717) is 5.92 Å². The molecule has 0 heterocycles. The lowest BCUT2D eigenvalue weighted by molar-refractivity contribution is 0.0627. The standard InChI is InChI=1S/C14H24O/c1-3-5-6-10-14(15)13-9-7-8-12(4-2)11-13/h12-15H,4,6-11H2,1-2H3. The van der Waals surface area contributed by atoms with Gasteiger partial charge in [-0.3, -0.25) is 0 Å². The average Bonchev–Trinajstić information content (AvgIpc) is 2.29. The van der Waals surface area contributed by atoms with E-state index in [1.807, 2.05) is 6.92 Å². The highest BCUT2D eigenvalue weighted by molar-refractivity contribution is 4.95. The minimum absolute atomic E-state index is 0.111. The van der Waals surface area contributed by atoms with Crippen LogP contribution in [-0.4, -0.2) is 11.2 Å². The van der Waals surface area contributed by atoms with Gasteiger partial charge in [-0.25, -0.2) is 0 Å². The minimum Gasteiger partial charge on any atom is -0.393 e. The summed E-state index contributed by atoms with van der Waals surface area (Å²) in [5.41, 5.74) is 0. The molecular weight excluding hydrogens is 184 g/mol. The molecular formula is C14H24O. The van der Waals surface area contributed by atoms with Gasteiger partial charge in [0.25, 0.3) is 0 Å². The summed E-state index contributed by atoms with van der Waals surface area (Å²) in [6.45, 7) is 4.13. The number of hydrogen-bond donors (Lipinski definition) is 1. The van der Waals surface area contributed by atoms with E-state index in [9.17, 15) is 5.11 Å². The second-order valence-corrected chi connectivity index (χ2v) is 4.73. The Morgan fingerprint density at radius 1 is 1.40 bits per heavy atom. The highest BCUT2D eigenvalue weighted by atomic mass is 16.3. The minimum atomic E-state index is -0.111. The van der Waals surface area contributed by atoms with Gasteiger partial charge in [-0.15, -0.1) is 11.8 Å². The lowest BCUT2D eigenvalue weighted by atomic mass is 9.77. The van der Waals surface area contributed by atoms with Crippen LogP contribution in [0.5, 0.6) is 0 Å². The number of aliphatic hydroxyl groups is 1. The molecule has 0 aromatic heterocycles. The predicted octanol–water partition coefficient (Wildman–Crippen LogP) is 3.37. The zero-order valence-electron chi connectivity index (χ0n) is 10.1. The quantitative estimate of drug-likeness (QED) is 0.702. The first-order valence-corrected chi connectivity index (χ1v) is 6.35. The maximum Gasteiger partial charge on any atom is 0.0577 e. The molecule has 86 valence electrons. The van der Waals surface area contributed by atoms with Crippen LogP contribution in [0.15, 0.2) is 0 Å². The third kappa shape index (κ3) is 4.26. The summed E-state index contributed by atoms with van der Waals surface area (Å²) in [5.74, 6) is 7.32. The van der Waals surface area contributed by atoms with Crippen molar-refractivity contribution in [3.05, 3.63) is 0 Å². The first-order chi connectivity index (χ1) is 7.27. The van der Waals surface area contributed by atoms with E-state index in [1.165, 1.54) is 32.1 Å². The smallest absolute Gasteiger partial charge is 0.0577 e. The molecule has 1 N–H and O–H groups in total. The first-order valence-electron chi connectivity index (χ1n) is 6.35. The van der Waals surface area contributed by atoms with Crippen LogP contribution in [0.4, 0.5) is 0 Å². The van der Waals surface area contributed by atoms with Gasteiger partial charge in [0.1, 0.15) is 0 Å². The molecule has 3 unspecified atom stereocenters. The zero-order valence-corrected chi connectivity index (χ0v) is 10.1. The van der Waals surface area contributed by atoms with Gasteiger partial charge < -0.3 is 5.11 Å². The van der Waals surface area contributed by atoms with Crippen molar-refractivity contribution < 1.29 is 5.11 Å². The molecule has 0 bridgehead atoms. The molecule has 1 saturated carbocycles. The van der Waals surface area contributed by atoms with Gasteiger partial charge in [-0.2, -0.15) is 0 Å². The second-order valence-electron chi connectivity index (χ2n) is 4.73. The fourth-order valence-electron chi connectivity index (χ4n) is 2.63. The van der Waals surface area contributed by atoms with E-state index >= 15 is 0 Å². The van der Waals surface area contributed by atoms with E-state index < -0.39 is 0 Å². The summed E-state index contributed by atoms with van der Waals surface area (Å²) < 4.78 is 0. The topological polar surface area (TPSA) is 20.2 Å². The number of aliphatic hydroxyl groups excluding tert-OH is 1. The number of rotatable bonds is 4. The van der Waals surface area contributed by atoms with Crippen molar-refractivity contribution in [3.63, 3.8) is 0 Å². The van der Waals surface area contributed by atoms with Gasteiger partial charge in [-0.05, 0) is 38.0 Å². The van der Waals surface area contributed by atoms with Crippen molar-refractivity contribution in [2.45, 2.75) is 64.9 Å². The average molecular weight is 208 g/mol. The van der Waals surface area contributed by atoms with Gasteiger partial charge in [0, 0.05) is 6.42 Å². The van der Waals surface area contributed by atoms with Crippen molar-refractivity contribution in [2.75, 3.05) is 0 Å². The highest BCUT2D eigenvalue weighted by Gasteiger charge is 2.25. The van der Waals surface area contributed by atoms with Crippen molar-refractivity contribution in [1.29, 1.82) is 0 Å². The summed E-state index contributed by atoms with van der Waals surface area (Å²) in [4.78, 5) is 0. The molecule has 0 radical (unpaired) electrons. The van der Waals surface area contributed by atoms with Crippen molar-refractivity contribution in [1.82, 2.24) is 0 Å². The molecule has 0 spiro atoms. The largest absolute Gasteiger partial charge is 0.393 e. The molecule has 1 fully saturated rings. The van der Waals surface area contributed by atoms with Crippen LogP contribution in [-0.2, 0) is 0 Å². The summed E-state index contributed by atoms with van der Waals surface area (Å²) in [6.07, 6.45) is 8.01. The van der Waals surface area contributed by atoms with E-state index in [-0.39, 0.29) is 6.10 Å². The molecule has 15 heavy (non-hydrogen) atoms. The van der Waals surface area contributed by atoms with Crippen LogP contribution in [0.3, 0.4) is 0 Å². The molecule has 1 heteroatoms. The van der Waals surface area contributed by atoms with Crippen LogP contribution in [0, 0.1) is 23.7 Å². The fourth-order valence-corrected chi connectivity index (χ4v) is 2.63. The molecule has 1 aliphatic carbocycles. The molecule has 0 aromatic rings. The Balaban J connectivity index is 2.30. The molecule has 0 saturated heterocycles. The Morgan fingerprint density at radius 3 is 2.87 bits per heavy atom. The molecule has 1 nitrogen and oxygen atoms in total. The van der Waals surface area contributed by atoms with E-state index in [2.05, 4.69) is 18.8 Å². The van der Waals surface area contributed by atoms with Crippen LogP contribution < -0.4 is 0 Å². The second kappa shape index (κ2) is 6.90. The maximum atomic E-state index is 10.0. The molecule has 1 aliphatic rings. The van der Waals surface area contributed by atoms with Crippen molar-refractivity contribution in [3.8, 4) is 11.8 Å². The first kappa shape index (κ1) is 12.6. The zero-order chi connectivity index (χ0) is 11.1. The summed E-state index contributed by atoms with van der Waals surface area (Å²) in [5, 5.41) is 10.0. The summed E-state index contributed by atoms with van der Waals surface area (Å²) >= 11 is 0. The van der Waals surface area contributed by atoms with Crippen LogP contribution in [0.2, 0.25) is 0 Å². The monoisotopic (exact) mass is 208 g/mol. The van der Waals surface area contributed by atoms with Gasteiger partial charge >= 0.3 is 0 Å². The van der Waals surface area contributed by atoms with Crippen LogP contribution in [0.25, 0.3) is 0 Å². The van der Waals surface area contributed by atoms with Gasteiger partial charge in [0.2, 0.25) is 0 Å². The highest BCUT2D eigenvalue weighted by Crippen LogP contribution is 2.33.